The summed E-state index contributed by atoms with van der Waals surface area (Å²) in [5.41, 5.74) is 1.75. The second kappa shape index (κ2) is 3.28. The maximum absolute atomic E-state index is 13.4. The lowest BCUT2D eigenvalue weighted by Gasteiger charge is -2.11. The zero-order valence-electron chi connectivity index (χ0n) is 8.80. The molecule has 2 nitrogen and oxygen atoms in total. The SMILES string of the molecule is Cc1cc(C2(N=C=O)CC2)cc(C)c1F. The summed E-state index contributed by atoms with van der Waals surface area (Å²) in [5.74, 6) is -0.176. The fourth-order valence-electron chi connectivity index (χ4n) is 1.89. The van der Waals surface area contributed by atoms with Crippen molar-refractivity contribution >= 4 is 6.08 Å². The van der Waals surface area contributed by atoms with Gasteiger partial charge in [-0.3, -0.25) is 0 Å². The highest BCUT2D eigenvalue weighted by Gasteiger charge is 2.45. The molecule has 0 aliphatic heterocycles. The minimum atomic E-state index is -0.398. The molecule has 2 rings (SSSR count). The minimum absolute atomic E-state index is 0.176. The quantitative estimate of drug-likeness (QED) is 0.539. The Labute approximate surface area is 87.8 Å². The van der Waals surface area contributed by atoms with Crippen molar-refractivity contribution in [3.8, 4) is 0 Å². The van der Waals surface area contributed by atoms with E-state index >= 15 is 0 Å². The van der Waals surface area contributed by atoms with Crippen LogP contribution < -0.4 is 0 Å². The van der Waals surface area contributed by atoms with E-state index in [1.165, 1.54) is 0 Å². The largest absolute Gasteiger partial charge is 0.235 e. The molecule has 0 unspecified atom stereocenters. The number of isocyanates is 1. The molecule has 0 spiro atoms. The molecule has 0 saturated heterocycles. The molecular weight excluding hydrogens is 193 g/mol. The number of hydrogen-bond donors (Lipinski definition) is 0. The molecule has 0 radical (unpaired) electrons. The summed E-state index contributed by atoms with van der Waals surface area (Å²) >= 11 is 0. The maximum atomic E-state index is 13.4. The Hall–Kier alpha value is -1.47. The molecule has 1 aromatic carbocycles. The highest BCUT2D eigenvalue weighted by molar-refractivity contribution is 5.43. The number of carbonyl (C=O) groups excluding carboxylic acids is 1. The zero-order valence-corrected chi connectivity index (χ0v) is 8.80. The van der Waals surface area contributed by atoms with Crippen LogP contribution in [0.2, 0.25) is 0 Å². The van der Waals surface area contributed by atoms with Crippen LogP contribution >= 0.6 is 0 Å². The average Bonchev–Trinajstić information content (AvgIpc) is 2.95. The first kappa shape index (κ1) is 10.1. The summed E-state index contributed by atoms with van der Waals surface area (Å²) in [6.07, 6.45) is 3.31. The predicted octanol–water partition coefficient (Wildman–Crippen LogP) is 2.77. The Bertz CT molecular complexity index is 434. The summed E-state index contributed by atoms with van der Waals surface area (Å²) in [6, 6.07) is 3.55. The third-order valence-corrected chi connectivity index (χ3v) is 2.96. The van der Waals surface area contributed by atoms with Crippen LogP contribution in [0.1, 0.15) is 29.5 Å². The monoisotopic (exact) mass is 205 g/mol. The van der Waals surface area contributed by atoms with Crippen molar-refractivity contribution in [2.45, 2.75) is 32.2 Å². The summed E-state index contributed by atoms with van der Waals surface area (Å²) in [5, 5.41) is 0. The molecule has 0 atom stereocenters. The van der Waals surface area contributed by atoms with Crippen LogP contribution in [0.4, 0.5) is 4.39 Å². The van der Waals surface area contributed by atoms with Gasteiger partial charge in [-0.1, -0.05) is 12.1 Å². The van der Waals surface area contributed by atoms with Gasteiger partial charge < -0.3 is 0 Å². The van der Waals surface area contributed by atoms with E-state index in [9.17, 15) is 9.18 Å². The van der Waals surface area contributed by atoms with Crippen LogP contribution in [0.3, 0.4) is 0 Å². The third kappa shape index (κ3) is 1.59. The minimum Gasteiger partial charge on any atom is -0.211 e. The van der Waals surface area contributed by atoms with Gasteiger partial charge in [0.2, 0.25) is 6.08 Å². The van der Waals surface area contributed by atoms with Gasteiger partial charge in [-0.2, -0.15) is 4.99 Å². The number of aryl methyl sites for hydroxylation is 2. The Kier molecular flexibility index (Phi) is 2.20. The van der Waals surface area contributed by atoms with E-state index in [-0.39, 0.29) is 5.82 Å². The van der Waals surface area contributed by atoms with Crippen LogP contribution in [-0.4, -0.2) is 6.08 Å². The Balaban J connectivity index is 2.51. The Morgan fingerprint density at radius 2 is 1.87 bits per heavy atom. The molecule has 0 heterocycles. The second-order valence-electron chi connectivity index (χ2n) is 4.16. The van der Waals surface area contributed by atoms with E-state index in [2.05, 4.69) is 4.99 Å². The molecule has 0 aromatic heterocycles. The number of hydrogen-bond acceptors (Lipinski definition) is 2. The number of halogens is 1. The third-order valence-electron chi connectivity index (χ3n) is 2.96. The first-order chi connectivity index (χ1) is 7.09. The highest BCUT2D eigenvalue weighted by atomic mass is 19.1. The fraction of sp³-hybridized carbons (Fsp3) is 0.417. The van der Waals surface area contributed by atoms with Crippen LogP contribution in [0.15, 0.2) is 17.1 Å². The van der Waals surface area contributed by atoms with Crippen molar-refractivity contribution < 1.29 is 9.18 Å². The number of nitrogens with zero attached hydrogens (tertiary/aromatic N) is 1. The lowest BCUT2D eigenvalue weighted by atomic mass is 9.99. The summed E-state index contributed by atoms with van der Waals surface area (Å²) in [6.45, 7) is 3.46. The molecule has 0 bridgehead atoms. The van der Waals surface area contributed by atoms with Crippen molar-refractivity contribution in [2.24, 2.45) is 4.99 Å². The fourth-order valence-corrected chi connectivity index (χ4v) is 1.89. The molecule has 1 aliphatic carbocycles. The van der Waals surface area contributed by atoms with Crippen LogP contribution in [0, 0.1) is 19.7 Å². The lowest BCUT2D eigenvalue weighted by Crippen LogP contribution is -2.04. The first-order valence-electron chi connectivity index (χ1n) is 4.95. The molecule has 1 saturated carbocycles. The molecule has 1 aliphatic rings. The standard InChI is InChI=1S/C12H12FNO/c1-8-5-10(6-9(2)11(8)13)12(3-4-12)14-7-15/h5-6H,3-4H2,1-2H3. The van der Waals surface area contributed by atoms with Gasteiger partial charge in [-0.25, -0.2) is 9.18 Å². The Morgan fingerprint density at radius 3 is 2.27 bits per heavy atom. The highest BCUT2D eigenvalue weighted by Crippen LogP contribution is 2.49. The maximum Gasteiger partial charge on any atom is 0.235 e. The van der Waals surface area contributed by atoms with Crippen LogP contribution in [0.25, 0.3) is 0 Å². The molecule has 0 amide bonds. The predicted molar refractivity (Wildman–Crippen MR) is 54.9 cm³/mol. The van der Waals surface area contributed by atoms with E-state index in [0.29, 0.717) is 11.1 Å². The first-order valence-corrected chi connectivity index (χ1v) is 4.95. The van der Waals surface area contributed by atoms with Gasteiger partial charge >= 0.3 is 0 Å². The molecule has 15 heavy (non-hydrogen) atoms. The molecular formula is C12H12FNO. The van der Waals surface area contributed by atoms with Gasteiger partial charge in [0, 0.05) is 0 Å². The van der Waals surface area contributed by atoms with Gasteiger partial charge in [-0.15, -0.1) is 0 Å². The summed E-state index contributed by atoms with van der Waals surface area (Å²) in [7, 11) is 0. The molecule has 78 valence electrons. The van der Waals surface area contributed by atoms with Crippen molar-refractivity contribution in [1.29, 1.82) is 0 Å². The smallest absolute Gasteiger partial charge is 0.211 e. The molecule has 0 N–H and O–H groups in total. The van der Waals surface area contributed by atoms with Crippen molar-refractivity contribution in [1.82, 2.24) is 0 Å². The molecule has 3 heteroatoms. The van der Waals surface area contributed by atoms with Crippen molar-refractivity contribution in [3.63, 3.8) is 0 Å². The normalized spacial score (nSPS) is 17.0. The number of rotatable bonds is 2. The Morgan fingerprint density at radius 1 is 1.33 bits per heavy atom. The second-order valence-corrected chi connectivity index (χ2v) is 4.16. The van der Waals surface area contributed by atoms with Crippen LogP contribution in [0.5, 0.6) is 0 Å². The van der Waals surface area contributed by atoms with Gasteiger partial charge in [-0.05, 0) is 43.4 Å². The zero-order chi connectivity index (χ0) is 11.1. The number of aliphatic imine (C=N–C) groups is 1. The average molecular weight is 205 g/mol. The number of benzene rings is 1. The van der Waals surface area contributed by atoms with Crippen molar-refractivity contribution in [3.05, 3.63) is 34.6 Å². The van der Waals surface area contributed by atoms with E-state index in [4.69, 9.17) is 0 Å². The van der Waals surface area contributed by atoms with Gasteiger partial charge in [0.05, 0.1) is 5.54 Å². The summed E-state index contributed by atoms with van der Waals surface area (Å²) < 4.78 is 13.4. The van der Waals surface area contributed by atoms with Gasteiger partial charge in [0.1, 0.15) is 5.82 Å². The molecule has 1 fully saturated rings. The molecule has 1 aromatic rings. The van der Waals surface area contributed by atoms with E-state index in [0.717, 1.165) is 18.4 Å². The van der Waals surface area contributed by atoms with Crippen molar-refractivity contribution in [2.75, 3.05) is 0 Å². The van der Waals surface area contributed by atoms with Gasteiger partial charge in [0.15, 0.2) is 0 Å². The van der Waals surface area contributed by atoms with Gasteiger partial charge in [0.25, 0.3) is 0 Å². The summed E-state index contributed by atoms with van der Waals surface area (Å²) in [4.78, 5) is 14.1. The topological polar surface area (TPSA) is 29.4 Å². The van der Waals surface area contributed by atoms with E-state index in [1.807, 2.05) is 0 Å². The van der Waals surface area contributed by atoms with Crippen LogP contribution in [-0.2, 0) is 10.3 Å². The van der Waals surface area contributed by atoms with E-state index < -0.39 is 5.54 Å². The van der Waals surface area contributed by atoms with E-state index in [1.54, 1.807) is 32.1 Å². The lowest BCUT2D eigenvalue weighted by molar-refractivity contribution is 0.556.